The highest BCUT2D eigenvalue weighted by Gasteiger charge is 2.34. The third kappa shape index (κ3) is 7.28. The monoisotopic (exact) mass is 476 g/mol. The van der Waals surface area contributed by atoms with Gasteiger partial charge in [-0.3, -0.25) is 4.99 Å². The van der Waals surface area contributed by atoms with Crippen molar-refractivity contribution in [2.75, 3.05) is 54.1 Å². The Hall–Kier alpha value is -1.06. The van der Waals surface area contributed by atoms with Crippen LogP contribution in [0, 0.1) is 0 Å². The number of rotatable bonds is 8. The summed E-state index contributed by atoms with van der Waals surface area (Å²) in [5, 5.41) is 6.83. The van der Waals surface area contributed by atoms with Crippen molar-refractivity contribution in [3.63, 3.8) is 0 Å². The van der Waals surface area contributed by atoms with Gasteiger partial charge in [-0.05, 0) is 45.5 Å². The molecular weight excluding hydrogens is 443 g/mol. The molecule has 0 aliphatic carbocycles. The Bertz CT molecular complexity index is 520. The van der Waals surface area contributed by atoms with Gasteiger partial charge in [-0.2, -0.15) is 0 Å². The molecule has 0 aromatic heterocycles. The summed E-state index contributed by atoms with van der Waals surface area (Å²) < 4.78 is 11.2. The van der Waals surface area contributed by atoms with Gasteiger partial charge >= 0.3 is 0 Å². The van der Waals surface area contributed by atoms with Crippen LogP contribution in [0.25, 0.3) is 0 Å². The zero-order valence-corrected chi connectivity index (χ0v) is 18.5. The normalized spacial score (nSPS) is 16.7. The fraction of sp³-hybridized carbons (Fsp3) is 0.632. The number of likely N-dealkylation sites (N-methyl/N-ethyl adjacent to an activating group) is 1. The van der Waals surface area contributed by atoms with Crippen LogP contribution in [0.15, 0.2) is 35.3 Å². The first-order valence-electron chi connectivity index (χ1n) is 9.04. The van der Waals surface area contributed by atoms with E-state index in [4.69, 9.17) is 9.47 Å². The maximum absolute atomic E-state index is 5.70. The van der Waals surface area contributed by atoms with E-state index < -0.39 is 0 Å². The lowest BCUT2D eigenvalue weighted by atomic mass is 9.88. The van der Waals surface area contributed by atoms with E-state index >= 15 is 0 Å². The predicted molar refractivity (Wildman–Crippen MR) is 118 cm³/mol. The van der Waals surface area contributed by atoms with E-state index in [2.05, 4.69) is 34.6 Å². The minimum Gasteiger partial charge on any atom is -0.494 e. The number of guanidine groups is 1. The Morgan fingerprint density at radius 3 is 2.50 bits per heavy atom. The first-order valence-corrected chi connectivity index (χ1v) is 9.04. The van der Waals surface area contributed by atoms with E-state index in [1.165, 1.54) is 0 Å². The van der Waals surface area contributed by atoms with Crippen LogP contribution in [0.4, 0.5) is 0 Å². The molecule has 2 rings (SSSR count). The van der Waals surface area contributed by atoms with Crippen molar-refractivity contribution in [1.29, 1.82) is 0 Å². The molecule has 1 aliphatic rings. The van der Waals surface area contributed by atoms with Gasteiger partial charge in [0.2, 0.25) is 0 Å². The second kappa shape index (κ2) is 12.3. The maximum Gasteiger partial charge on any atom is 0.191 e. The fourth-order valence-electron chi connectivity index (χ4n) is 2.99. The van der Waals surface area contributed by atoms with Gasteiger partial charge in [0.25, 0.3) is 0 Å². The van der Waals surface area contributed by atoms with E-state index in [0.29, 0.717) is 6.61 Å². The molecule has 0 saturated carbocycles. The summed E-state index contributed by atoms with van der Waals surface area (Å²) in [6.45, 7) is 4.02. The highest BCUT2D eigenvalue weighted by molar-refractivity contribution is 14.0. The van der Waals surface area contributed by atoms with Crippen LogP contribution in [-0.4, -0.2) is 70.5 Å². The average molecular weight is 476 g/mol. The fourth-order valence-corrected chi connectivity index (χ4v) is 2.99. The lowest BCUT2D eigenvalue weighted by Crippen LogP contribution is -2.57. The van der Waals surface area contributed by atoms with Crippen molar-refractivity contribution >= 4 is 29.9 Å². The van der Waals surface area contributed by atoms with Gasteiger partial charge in [-0.1, -0.05) is 18.2 Å². The van der Waals surface area contributed by atoms with Crippen LogP contribution in [0.2, 0.25) is 0 Å². The van der Waals surface area contributed by atoms with Crippen LogP contribution in [0.1, 0.15) is 19.3 Å². The largest absolute Gasteiger partial charge is 0.494 e. The Morgan fingerprint density at radius 2 is 1.88 bits per heavy atom. The summed E-state index contributed by atoms with van der Waals surface area (Å²) in [4.78, 5) is 6.63. The summed E-state index contributed by atoms with van der Waals surface area (Å²) in [6, 6.07) is 9.90. The average Bonchev–Trinajstić information content (AvgIpc) is 2.65. The lowest BCUT2D eigenvalue weighted by molar-refractivity contribution is -0.00501. The van der Waals surface area contributed by atoms with Gasteiger partial charge in [-0.15, -0.1) is 24.0 Å². The van der Waals surface area contributed by atoms with Crippen LogP contribution < -0.4 is 15.4 Å². The smallest absolute Gasteiger partial charge is 0.191 e. The molecule has 0 unspecified atom stereocenters. The Labute approximate surface area is 174 Å². The second-order valence-corrected chi connectivity index (χ2v) is 6.60. The molecule has 2 N–H and O–H groups in total. The van der Waals surface area contributed by atoms with Crippen LogP contribution >= 0.6 is 24.0 Å². The van der Waals surface area contributed by atoms with Gasteiger partial charge in [0.05, 0.1) is 6.61 Å². The quantitative estimate of drug-likeness (QED) is 0.261. The highest BCUT2D eigenvalue weighted by Crippen LogP contribution is 2.24. The van der Waals surface area contributed by atoms with Crippen molar-refractivity contribution < 1.29 is 9.47 Å². The highest BCUT2D eigenvalue weighted by atomic mass is 127. The molecule has 0 spiro atoms. The van der Waals surface area contributed by atoms with Crippen molar-refractivity contribution in [3.05, 3.63) is 30.3 Å². The lowest BCUT2D eigenvalue weighted by Gasteiger charge is -2.43. The predicted octanol–water partition coefficient (Wildman–Crippen LogP) is 2.35. The Morgan fingerprint density at radius 1 is 1.19 bits per heavy atom. The number of nitrogens with one attached hydrogen (secondary N) is 2. The van der Waals surface area contributed by atoms with E-state index in [1.54, 1.807) is 0 Å². The van der Waals surface area contributed by atoms with E-state index in [0.717, 1.165) is 57.3 Å². The van der Waals surface area contributed by atoms with E-state index in [-0.39, 0.29) is 29.5 Å². The summed E-state index contributed by atoms with van der Waals surface area (Å²) in [5.74, 6) is 1.75. The van der Waals surface area contributed by atoms with Crippen LogP contribution in [0.3, 0.4) is 0 Å². The number of ether oxygens (including phenoxy) is 2. The second-order valence-electron chi connectivity index (χ2n) is 6.60. The Kier molecular flexibility index (Phi) is 10.9. The molecule has 1 aliphatic heterocycles. The summed E-state index contributed by atoms with van der Waals surface area (Å²) in [6.07, 6.45) is 2.99. The van der Waals surface area contributed by atoms with E-state index in [1.807, 2.05) is 37.4 Å². The van der Waals surface area contributed by atoms with Gasteiger partial charge in [-0.25, -0.2) is 0 Å². The molecule has 0 amide bonds. The van der Waals surface area contributed by atoms with Crippen molar-refractivity contribution in [2.24, 2.45) is 4.99 Å². The number of hydrogen-bond donors (Lipinski definition) is 2. The maximum atomic E-state index is 5.70. The summed E-state index contributed by atoms with van der Waals surface area (Å²) in [7, 11) is 6.09. The molecule has 1 aromatic carbocycles. The topological polar surface area (TPSA) is 58.1 Å². The molecule has 0 radical (unpaired) electrons. The first kappa shape index (κ1) is 23.0. The molecule has 0 bridgehead atoms. The zero-order chi connectivity index (χ0) is 18.0. The molecule has 6 nitrogen and oxygen atoms in total. The molecule has 26 heavy (non-hydrogen) atoms. The van der Waals surface area contributed by atoms with Crippen molar-refractivity contribution in [1.82, 2.24) is 15.5 Å². The number of benzene rings is 1. The first-order chi connectivity index (χ1) is 12.2. The zero-order valence-electron chi connectivity index (χ0n) is 16.2. The van der Waals surface area contributed by atoms with Gasteiger partial charge in [0.15, 0.2) is 5.96 Å². The number of halogens is 1. The van der Waals surface area contributed by atoms with Gasteiger partial charge < -0.3 is 25.0 Å². The summed E-state index contributed by atoms with van der Waals surface area (Å²) >= 11 is 0. The summed E-state index contributed by atoms with van der Waals surface area (Å²) in [5.41, 5.74) is 0.131. The van der Waals surface area contributed by atoms with Gasteiger partial charge in [0.1, 0.15) is 5.75 Å². The number of aliphatic imine (C=N–C) groups is 1. The number of hydrogen-bond acceptors (Lipinski definition) is 4. The van der Waals surface area contributed by atoms with E-state index in [9.17, 15) is 0 Å². The van der Waals surface area contributed by atoms with Gasteiger partial charge in [0, 0.05) is 38.9 Å². The number of nitrogens with zero attached hydrogens (tertiary/aromatic N) is 2. The molecule has 1 fully saturated rings. The minimum atomic E-state index is 0. The standard InChI is InChI=1S/C19H32N4O2.HI/c1-20-18(21-12-7-13-25-17-8-5-4-6-9-17)22-16-19(23(2)3)10-14-24-15-11-19;/h4-6,8-9H,7,10-16H2,1-3H3,(H2,20,21,22);1H. The Balaban J connectivity index is 0.00000338. The van der Waals surface area contributed by atoms with Crippen molar-refractivity contribution in [3.8, 4) is 5.75 Å². The molecule has 148 valence electrons. The van der Waals surface area contributed by atoms with Crippen LogP contribution in [0.5, 0.6) is 5.75 Å². The van der Waals surface area contributed by atoms with Crippen LogP contribution in [-0.2, 0) is 4.74 Å². The minimum absolute atomic E-state index is 0. The van der Waals surface area contributed by atoms with Crippen molar-refractivity contribution in [2.45, 2.75) is 24.8 Å². The molecule has 1 aromatic rings. The molecular formula is C19H33IN4O2. The SMILES string of the molecule is CN=C(NCCCOc1ccccc1)NCC1(N(C)C)CCOCC1.I. The number of para-hydroxylation sites is 1. The molecule has 7 heteroatoms. The molecule has 0 atom stereocenters. The third-order valence-corrected chi connectivity index (χ3v) is 4.81. The third-order valence-electron chi connectivity index (χ3n) is 4.81. The molecule has 1 saturated heterocycles. The molecule has 1 heterocycles.